The molecule has 1 aromatic heterocycles. The van der Waals surface area contributed by atoms with Crippen molar-refractivity contribution in [2.75, 3.05) is 13.7 Å². The lowest BCUT2D eigenvalue weighted by Crippen LogP contribution is -2.51. The molecule has 1 heterocycles. The predicted octanol–water partition coefficient (Wildman–Crippen LogP) is 1.76. The predicted molar refractivity (Wildman–Crippen MR) is 68.6 cm³/mol. The van der Waals surface area contributed by atoms with Crippen molar-refractivity contribution in [3.8, 4) is 0 Å². The average Bonchev–Trinajstić information content (AvgIpc) is 2.82. The van der Waals surface area contributed by atoms with Crippen molar-refractivity contribution >= 4 is 0 Å². The molecule has 0 aliphatic rings. The lowest BCUT2D eigenvalue weighted by molar-refractivity contribution is 0.0266. The van der Waals surface area contributed by atoms with Crippen LogP contribution in [0.25, 0.3) is 0 Å². The van der Waals surface area contributed by atoms with E-state index in [2.05, 4.69) is 11.8 Å². The highest BCUT2D eigenvalue weighted by molar-refractivity contribution is 5.09. The molecule has 1 aromatic rings. The zero-order chi connectivity index (χ0) is 13.1. The van der Waals surface area contributed by atoms with E-state index in [9.17, 15) is 5.11 Å². The van der Waals surface area contributed by atoms with Gasteiger partial charge in [0.15, 0.2) is 0 Å². The topological polar surface area (TPSA) is 62.6 Å². The zero-order valence-electron chi connectivity index (χ0n) is 11.2. The Labute approximate surface area is 103 Å². The zero-order valence-corrected chi connectivity index (χ0v) is 11.2. The summed E-state index contributed by atoms with van der Waals surface area (Å²) in [5.74, 6) is 0.850. The molecule has 3 N–H and O–H groups in total. The normalized spacial score (nSPS) is 16.2. The first-order chi connectivity index (χ1) is 7.94. The van der Waals surface area contributed by atoms with Gasteiger partial charge in [-0.05, 0) is 39.4 Å². The first-order valence-electron chi connectivity index (χ1n) is 6.06. The fourth-order valence-corrected chi connectivity index (χ4v) is 1.86. The van der Waals surface area contributed by atoms with Gasteiger partial charge in [-0.15, -0.1) is 0 Å². The number of rotatable bonds is 6. The highest BCUT2D eigenvalue weighted by atomic mass is 16.3. The number of nitrogens with zero attached hydrogens (tertiary/aromatic N) is 1. The standard InChI is InChI=1S/C13H24N2O2/c1-5-10(14)12(11-7-6-8-17-11)15(4)13(2,3)9-16/h6-8,10,12,16H,5,9,14H2,1-4H3. The van der Waals surface area contributed by atoms with Gasteiger partial charge in [-0.25, -0.2) is 0 Å². The lowest BCUT2D eigenvalue weighted by atomic mass is 9.96. The summed E-state index contributed by atoms with van der Waals surface area (Å²) in [6.45, 7) is 6.12. The largest absolute Gasteiger partial charge is 0.468 e. The molecule has 17 heavy (non-hydrogen) atoms. The molecule has 0 radical (unpaired) electrons. The van der Waals surface area contributed by atoms with Crippen molar-refractivity contribution in [2.45, 2.75) is 44.8 Å². The van der Waals surface area contributed by atoms with Gasteiger partial charge in [0.05, 0.1) is 18.9 Å². The molecule has 0 aliphatic heterocycles. The van der Waals surface area contributed by atoms with Gasteiger partial charge >= 0.3 is 0 Å². The van der Waals surface area contributed by atoms with E-state index in [4.69, 9.17) is 10.2 Å². The van der Waals surface area contributed by atoms with Crippen molar-refractivity contribution in [1.29, 1.82) is 0 Å². The van der Waals surface area contributed by atoms with Crippen LogP contribution < -0.4 is 5.73 Å². The third-order valence-electron chi connectivity index (χ3n) is 3.47. The Morgan fingerprint density at radius 2 is 2.18 bits per heavy atom. The van der Waals surface area contributed by atoms with Crippen molar-refractivity contribution in [3.05, 3.63) is 24.2 Å². The van der Waals surface area contributed by atoms with E-state index >= 15 is 0 Å². The van der Waals surface area contributed by atoms with Gasteiger partial charge in [-0.1, -0.05) is 6.92 Å². The third kappa shape index (κ3) is 3.09. The van der Waals surface area contributed by atoms with Crippen molar-refractivity contribution < 1.29 is 9.52 Å². The molecule has 0 saturated heterocycles. The number of hydrogen-bond acceptors (Lipinski definition) is 4. The van der Waals surface area contributed by atoms with Crippen LogP contribution in [0.1, 0.15) is 39.0 Å². The van der Waals surface area contributed by atoms with E-state index in [0.29, 0.717) is 0 Å². The molecule has 0 saturated carbocycles. The lowest BCUT2D eigenvalue weighted by Gasteiger charge is -2.41. The molecule has 1 rings (SSSR count). The quantitative estimate of drug-likeness (QED) is 0.795. The van der Waals surface area contributed by atoms with Crippen LogP contribution in [-0.4, -0.2) is 35.2 Å². The van der Waals surface area contributed by atoms with E-state index in [0.717, 1.165) is 12.2 Å². The molecule has 98 valence electrons. The SMILES string of the molecule is CCC(N)C(c1ccco1)N(C)C(C)(C)CO. The molecule has 0 amide bonds. The maximum Gasteiger partial charge on any atom is 0.122 e. The summed E-state index contributed by atoms with van der Waals surface area (Å²) in [4.78, 5) is 2.08. The summed E-state index contributed by atoms with van der Waals surface area (Å²) in [6.07, 6.45) is 2.52. The van der Waals surface area contributed by atoms with E-state index in [-0.39, 0.29) is 24.2 Å². The van der Waals surface area contributed by atoms with Gasteiger partial charge in [0, 0.05) is 11.6 Å². The third-order valence-corrected chi connectivity index (χ3v) is 3.47. The molecule has 0 aliphatic carbocycles. The Bertz CT molecular complexity index is 322. The highest BCUT2D eigenvalue weighted by Gasteiger charge is 2.34. The number of aliphatic hydroxyl groups is 1. The van der Waals surface area contributed by atoms with Crippen LogP contribution in [0.15, 0.2) is 22.8 Å². The fraction of sp³-hybridized carbons (Fsp3) is 0.692. The molecule has 0 spiro atoms. The number of hydrogen-bond donors (Lipinski definition) is 2. The first-order valence-corrected chi connectivity index (χ1v) is 6.06. The van der Waals surface area contributed by atoms with Crippen molar-refractivity contribution in [2.24, 2.45) is 5.73 Å². The van der Waals surface area contributed by atoms with Gasteiger partial charge in [0.1, 0.15) is 5.76 Å². The van der Waals surface area contributed by atoms with Crippen LogP contribution >= 0.6 is 0 Å². The van der Waals surface area contributed by atoms with Crippen LogP contribution in [0, 0.1) is 0 Å². The molecule has 2 atom stereocenters. The van der Waals surface area contributed by atoms with E-state index < -0.39 is 0 Å². The molecule has 0 bridgehead atoms. The Balaban J connectivity index is 2.99. The van der Waals surface area contributed by atoms with Crippen LogP contribution in [0.5, 0.6) is 0 Å². The molecule has 0 fully saturated rings. The minimum absolute atomic E-state index is 0.0165. The second-order valence-electron chi connectivity index (χ2n) is 5.11. The van der Waals surface area contributed by atoms with Crippen LogP contribution in [0.3, 0.4) is 0 Å². The average molecular weight is 240 g/mol. The summed E-state index contributed by atoms with van der Waals surface area (Å²) in [6, 6.07) is 3.77. The monoisotopic (exact) mass is 240 g/mol. The van der Waals surface area contributed by atoms with Crippen LogP contribution in [0.4, 0.5) is 0 Å². The Kier molecular flexibility index (Phi) is 4.74. The van der Waals surface area contributed by atoms with Crippen molar-refractivity contribution in [3.63, 3.8) is 0 Å². The van der Waals surface area contributed by atoms with Crippen molar-refractivity contribution in [1.82, 2.24) is 4.90 Å². The Morgan fingerprint density at radius 1 is 1.53 bits per heavy atom. The molecular formula is C13H24N2O2. The Morgan fingerprint density at radius 3 is 2.59 bits per heavy atom. The summed E-state index contributed by atoms with van der Waals surface area (Å²) >= 11 is 0. The van der Waals surface area contributed by atoms with Gasteiger partial charge in [-0.2, -0.15) is 0 Å². The minimum atomic E-state index is -0.329. The number of aliphatic hydroxyl groups excluding tert-OH is 1. The maximum atomic E-state index is 9.45. The van der Waals surface area contributed by atoms with Gasteiger partial charge < -0.3 is 15.3 Å². The number of furan rings is 1. The van der Waals surface area contributed by atoms with E-state index in [1.165, 1.54) is 0 Å². The summed E-state index contributed by atoms with van der Waals surface area (Å²) in [5, 5.41) is 9.45. The van der Waals surface area contributed by atoms with Gasteiger partial charge in [-0.3, -0.25) is 4.90 Å². The summed E-state index contributed by atoms with van der Waals surface area (Å²) in [5.41, 5.74) is 5.85. The summed E-state index contributed by atoms with van der Waals surface area (Å²) in [7, 11) is 1.97. The second-order valence-corrected chi connectivity index (χ2v) is 5.11. The first kappa shape index (κ1) is 14.2. The molecule has 4 heteroatoms. The summed E-state index contributed by atoms with van der Waals surface area (Å²) < 4.78 is 5.48. The van der Waals surface area contributed by atoms with E-state index in [1.54, 1.807) is 6.26 Å². The Hall–Kier alpha value is -0.840. The second kappa shape index (κ2) is 5.67. The maximum absolute atomic E-state index is 9.45. The highest BCUT2D eigenvalue weighted by Crippen LogP contribution is 2.29. The van der Waals surface area contributed by atoms with Crippen LogP contribution in [0.2, 0.25) is 0 Å². The van der Waals surface area contributed by atoms with Gasteiger partial charge in [0.2, 0.25) is 0 Å². The number of nitrogens with two attached hydrogens (primary N) is 1. The fourth-order valence-electron chi connectivity index (χ4n) is 1.86. The van der Waals surface area contributed by atoms with E-state index in [1.807, 2.05) is 33.0 Å². The number of likely N-dealkylation sites (N-methyl/N-ethyl adjacent to an activating group) is 1. The molecule has 4 nitrogen and oxygen atoms in total. The minimum Gasteiger partial charge on any atom is -0.468 e. The molecular weight excluding hydrogens is 216 g/mol. The van der Waals surface area contributed by atoms with Gasteiger partial charge in [0.25, 0.3) is 0 Å². The smallest absolute Gasteiger partial charge is 0.122 e. The van der Waals surface area contributed by atoms with Crippen LogP contribution in [-0.2, 0) is 0 Å². The molecule has 2 unspecified atom stereocenters. The molecule has 0 aromatic carbocycles.